The summed E-state index contributed by atoms with van der Waals surface area (Å²) in [5.41, 5.74) is 0.708. The number of methoxy groups -OCH3 is 1. The van der Waals surface area contributed by atoms with Crippen molar-refractivity contribution in [3.8, 4) is 11.5 Å². The van der Waals surface area contributed by atoms with Crippen LogP contribution < -0.4 is 14.8 Å². The summed E-state index contributed by atoms with van der Waals surface area (Å²) in [6, 6.07) is 13.5. The van der Waals surface area contributed by atoms with Crippen molar-refractivity contribution in [2.45, 2.75) is 13.0 Å². The minimum Gasteiger partial charge on any atom is -0.496 e. The first-order chi connectivity index (χ1) is 11.5. The molecule has 0 heterocycles. The Morgan fingerprint density at radius 1 is 1.25 bits per heavy atom. The molecule has 2 rings (SSSR count). The number of benzene rings is 2. The van der Waals surface area contributed by atoms with E-state index in [-0.39, 0.29) is 30.0 Å². The molecule has 0 fully saturated rings. The fourth-order valence-electron chi connectivity index (χ4n) is 2.14. The Hall–Kier alpha value is -3.09. The summed E-state index contributed by atoms with van der Waals surface area (Å²) in [4.78, 5) is 22.5. The zero-order valence-electron chi connectivity index (χ0n) is 13.4. The highest BCUT2D eigenvalue weighted by atomic mass is 16.6. The molecular weight excluding hydrogens is 312 g/mol. The topological polar surface area (TPSA) is 90.7 Å². The number of carbonyl (C=O) groups is 1. The molecule has 0 aliphatic heterocycles. The van der Waals surface area contributed by atoms with Crippen molar-refractivity contribution in [2.75, 3.05) is 13.7 Å². The van der Waals surface area contributed by atoms with Crippen molar-refractivity contribution in [3.05, 3.63) is 64.2 Å². The number of hydrogen-bond acceptors (Lipinski definition) is 5. The number of hydrogen-bond donors (Lipinski definition) is 1. The minimum absolute atomic E-state index is 0.0170. The molecule has 1 atom stereocenters. The lowest BCUT2D eigenvalue weighted by Crippen LogP contribution is -2.31. The van der Waals surface area contributed by atoms with Gasteiger partial charge in [-0.3, -0.25) is 14.9 Å². The van der Waals surface area contributed by atoms with Crippen molar-refractivity contribution in [2.24, 2.45) is 0 Å². The number of nitro groups is 1. The monoisotopic (exact) mass is 330 g/mol. The van der Waals surface area contributed by atoms with E-state index in [0.29, 0.717) is 5.75 Å². The standard InChI is InChI=1S/C17H18N2O5/c1-12(13-6-4-3-5-7-13)18-17(20)11-24-16-9-8-14(23-2)10-15(16)19(21)22/h3-10,12H,11H2,1-2H3,(H,18,20)/t12-/m0/s1. The van der Waals surface area contributed by atoms with Gasteiger partial charge in [0, 0.05) is 0 Å². The molecule has 0 aromatic heterocycles. The molecule has 126 valence electrons. The van der Waals surface area contributed by atoms with Crippen LogP contribution in [0.2, 0.25) is 0 Å². The predicted molar refractivity (Wildman–Crippen MR) is 88.1 cm³/mol. The number of ether oxygens (including phenoxy) is 2. The Morgan fingerprint density at radius 2 is 1.96 bits per heavy atom. The number of nitrogens with zero attached hydrogens (tertiary/aromatic N) is 1. The van der Waals surface area contributed by atoms with Gasteiger partial charge in [-0.05, 0) is 24.6 Å². The molecule has 1 amide bonds. The van der Waals surface area contributed by atoms with Gasteiger partial charge >= 0.3 is 5.69 Å². The average molecular weight is 330 g/mol. The highest BCUT2D eigenvalue weighted by Crippen LogP contribution is 2.30. The van der Waals surface area contributed by atoms with E-state index < -0.39 is 4.92 Å². The molecule has 0 aliphatic rings. The molecule has 7 nitrogen and oxygen atoms in total. The van der Waals surface area contributed by atoms with Gasteiger partial charge < -0.3 is 14.8 Å². The summed E-state index contributed by atoms with van der Waals surface area (Å²) in [5, 5.41) is 13.8. The van der Waals surface area contributed by atoms with Crippen molar-refractivity contribution in [1.29, 1.82) is 0 Å². The molecule has 24 heavy (non-hydrogen) atoms. The van der Waals surface area contributed by atoms with Gasteiger partial charge in [-0.15, -0.1) is 0 Å². The average Bonchev–Trinajstić information content (AvgIpc) is 2.60. The molecule has 0 saturated heterocycles. The third-order valence-electron chi connectivity index (χ3n) is 3.40. The SMILES string of the molecule is COc1ccc(OCC(=O)N[C@@H](C)c2ccccc2)c([N+](=O)[O-])c1. The second kappa shape index (κ2) is 7.96. The third-order valence-corrected chi connectivity index (χ3v) is 3.40. The quantitative estimate of drug-likeness (QED) is 0.622. The summed E-state index contributed by atoms with van der Waals surface area (Å²) in [7, 11) is 1.41. The fraction of sp³-hybridized carbons (Fsp3) is 0.235. The Bertz CT molecular complexity index is 718. The molecule has 1 N–H and O–H groups in total. The van der Waals surface area contributed by atoms with E-state index in [9.17, 15) is 14.9 Å². The van der Waals surface area contributed by atoms with Crippen LogP contribution in [0.25, 0.3) is 0 Å². The van der Waals surface area contributed by atoms with Crippen molar-refractivity contribution < 1.29 is 19.2 Å². The van der Waals surface area contributed by atoms with Crippen molar-refractivity contribution in [3.63, 3.8) is 0 Å². The van der Waals surface area contributed by atoms with E-state index in [4.69, 9.17) is 9.47 Å². The molecule has 2 aromatic rings. The normalized spacial score (nSPS) is 11.4. The second-order valence-corrected chi connectivity index (χ2v) is 5.08. The molecule has 0 bridgehead atoms. The highest BCUT2D eigenvalue weighted by Gasteiger charge is 2.18. The second-order valence-electron chi connectivity index (χ2n) is 5.08. The van der Waals surface area contributed by atoms with Crippen LogP contribution in [0.1, 0.15) is 18.5 Å². The van der Waals surface area contributed by atoms with Crippen LogP contribution in [0.4, 0.5) is 5.69 Å². The Kier molecular flexibility index (Phi) is 5.73. The van der Waals surface area contributed by atoms with E-state index in [1.807, 2.05) is 37.3 Å². The summed E-state index contributed by atoms with van der Waals surface area (Å²) >= 11 is 0. The summed E-state index contributed by atoms with van der Waals surface area (Å²) in [5.74, 6) is -0.00372. The Balaban J connectivity index is 1.98. The minimum atomic E-state index is -0.581. The van der Waals surface area contributed by atoms with Gasteiger partial charge in [0.15, 0.2) is 12.4 Å². The van der Waals surface area contributed by atoms with Crippen LogP contribution in [0, 0.1) is 10.1 Å². The summed E-state index contributed by atoms with van der Waals surface area (Å²) in [6.07, 6.45) is 0. The molecule has 0 radical (unpaired) electrons. The molecule has 0 saturated carbocycles. The third kappa shape index (κ3) is 4.45. The van der Waals surface area contributed by atoms with Gasteiger partial charge in [0.1, 0.15) is 5.75 Å². The largest absolute Gasteiger partial charge is 0.496 e. The van der Waals surface area contributed by atoms with Crippen LogP contribution in [0.5, 0.6) is 11.5 Å². The van der Waals surface area contributed by atoms with E-state index in [2.05, 4.69) is 5.32 Å². The molecule has 0 unspecified atom stereocenters. The van der Waals surface area contributed by atoms with Gasteiger partial charge in [0.2, 0.25) is 0 Å². The Labute approximate surface area is 139 Å². The van der Waals surface area contributed by atoms with Crippen LogP contribution in [-0.4, -0.2) is 24.5 Å². The van der Waals surface area contributed by atoms with Crippen LogP contribution in [0.15, 0.2) is 48.5 Å². The van der Waals surface area contributed by atoms with Gasteiger partial charge in [0.25, 0.3) is 5.91 Å². The van der Waals surface area contributed by atoms with Crippen LogP contribution in [-0.2, 0) is 4.79 Å². The molecular formula is C17H18N2O5. The zero-order chi connectivity index (χ0) is 17.5. The maximum absolute atomic E-state index is 12.0. The van der Waals surface area contributed by atoms with Gasteiger partial charge in [0.05, 0.1) is 24.1 Å². The fourth-order valence-corrected chi connectivity index (χ4v) is 2.14. The van der Waals surface area contributed by atoms with Crippen LogP contribution >= 0.6 is 0 Å². The summed E-state index contributed by atoms with van der Waals surface area (Å²) in [6.45, 7) is 1.54. The van der Waals surface area contributed by atoms with Gasteiger partial charge in [-0.25, -0.2) is 0 Å². The first-order valence-corrected chi connectivity index (χ1v) is 7.31. The summed E-state index contributed by atoms with van der Waals surface area (Å²) < 4.78 is 10.2. The number of nitro benzene ring substituents is 1. The Morgan fingerprint density at radius 3 is 2.58 bits per heavy atom. The highest BCUT2D eigenvalue weighted by molar-refractivity contribution is 5.78. The van der Waals surface area contributed by atoms with Crippen LogP contribution in [0.3, 0.4) is 0 Å². The maximum atomic E-state index is 12.0. The molecule has 7 heteroatoms. The number of rotatable bonds is 7. The molecule has 2 aromatic carbocycles. The van der Waals surface area contributed by atoms with E-state index in [1.54, 1.807) is 0 Å². The zero-order valence-corrected chi connectivity index (χ0v) is 13.4. The number of carbonyl (C=O) groups excluding carboxylic acids is 1. The lowest BCUT2D eigenvalue weighted by molar-refractivity contribution is -0.385. The number of amides is 1. The number of nitrogens with one attached hydrogen (secondary N) is 1. The smallest absolute Gasteiger partial charge is 0.314 e. The lowest BCUT2D eigenvalue weighted by atomic mass is 10.1. The van der Waals surface area contributed by atoms with Crippen molar-refractivity contribution >= 4 is 11.6 Å². The van der Waals surface area contributed by atoms with Gasteiger partial charge in [-0.1, -0.05) is 30.3 Å². The van der Waals surface area contributed by atoms with E-state index in [0.717, 1.165) is 5.56 Å². The van der Waals surface area contributed by atoms with Gasteiger partial charge in [-0.2, -0.15) is 0 Å². The van der Waals surface area contributed by atoms with E-state index in [1.165, 1.54) is 25.3 Å². The molecule has 0 spiro atoms. The lowest BCUT2D eigenvalue weighted by Gasteiger charge is -2.14. The molecule has 0 aliphatic carbocycles. The maximum Gasteiger partial charge on any atom is 0.314 e. The van der Waals surface area contributed by atoms with E-state index >= 15 is 0 Å². The first-order valence-electron chi connectivity index (χ1n) is 7.31. The first kappa shape index (κ1) is 17.3. The predicted octanol–water partition coefficient (Wildman–Crippen LogP) is 2.86. The van der Waals surface area contributed by atoms with Crippen molar-refractivity contribution in [1.82, 2.24) is 5.32 Å².